The molecule has 0 spiro atoms. The summed E-state index contributed by atoms with van der Waals surface area (Å²) >= 11 is 5.93. The van der Waals surface area contributed by atoms with Crippen molar-refractivity contribution in [1.82, 2.24) is 10.3 Å². The van der Waals surface area contributed by atoms with Crippen LogP contribution in [0.2, 0.25) is 5.15 Å². The Hall–Kier alpha value is -1.29. The van der Waals surface area contributed by atoms with Crippen LogP contribution in [0.5, 0.6) is 0 Å². The van der Waals surface area contributed by atoms with Gasteiger partial charge in [-0.3, -0.25) is 4.79 Å². The van der Waals surface area contributed by atoms with Crippen molar-refractivity contribution in [2.45, 2.75) is 33.6 Å². The Morgan fingerprint density at radius 2 is 2.16 bits per heavy atom. The van der Waals surface area contributed by atoms with Crippen LogP contribution in [0.25, 0.3) is 0 Å². The SMILES string of the molecule is CCCNc1cc(C(=O)NCC(C)CC)cc(Cl)n1. The molecule has 1 unspecified atom stereocenters. The number of amides is 1. The molecule has 0 aliphatic rings. The fourth-order valence-electron chi connectivity index (χ4n) is 1.48. The van der Waals surface area contributed by atoms with Crippen molar-refractivity contribution in [2.24, 2.45) is 5.92 Å². The van der Waals surface area contributed by atoms with Gasteiger partial charge in [-0.25, -0.2) is 4.98 Å². The van der Waals surface area contributed by atoms with E-state index >= 15 is 0 Å². The summed E-state index contributed by atoms with van der Waals surface area (Å²) in [6.45, 7) is 7.76. The molecule has 0 bridgehead atoms. The molecule has 0 saturated carbocycles. The van der Waals surface area contributed by atoms with Gasteiger partial charge in [-0.1, -0.05) is 38.8 Å². The number of hydrogen-bond donors (Lipinski definition) is 2. The minimum absolute atomic E-state index is 0.107. The average Bonchev–Trinajstić information content (AvgIpc) is 2.41. The Balaban J connectivity index is 2.70. The number of nitrogens with zero attached hydrogens (tertiary/aromatic N) is 1. The fraction of sp³-hybridized carbons (Fsp3) is 0.571. The van der Waals surface area contributed by atoms with Crippen LogP contribution in [0.4, 0.5) is 5.82 Å². The number of halogens is 1. The van der Waals surface area contributed by atoms with E-state index in [4.69, 9.17) is 11.6 Å². The molecule has 0 fully saturated rings. The second-order valence-corrected chi connectivity index (χ2v) is 5.10. The molecule has 1 rings (SSSR count). The van der Waals surface area contributed by atoms with Crippen molar-refractivity contribution in [3.63, 3.8) is 0 Å². The van der Waals surface area contributed by atoms with E-state index in [1.807, 2.05) is 0 Å². The summed E-state index contributed by atoms with van der Waals surface area (Å²) < 4.78 is 0. The molecule has 1 heterocycles. The third-order valence-electron chi connectivity index (χ3n) is 2.92. The van der Waals surface area contributed by atoms with Crippen LogP contribution >= 0.6 is 11.6 Å². The van der Waals surface area contributed by atoms with Crippen molar-refractivity contribution in [3.05, 3.63) is 22.8 Å². The van der Waals surface area contributed by atoms with Crippen molar-refractivity contribution in [1.29, 1.82) is 0 Å². The van der Waals surface area contributed by atoms with E-state index in [9.17, 15) is 4.79 Å². The molecule has 1 atom stereocenters. The Morgan fingerprint density at radius 3 is 2.79 bits per heavy atom. The van der Waals surface area contributed by atoms with E-state index < -0.39 is 0 Å². The first-order valence-corrected chi connectivity index (χ1v) is 7.14. The highest BCUT2D eigenvalue weighted by Gasteiger charge is 2.10. The number of rotatable bonds is 7. The summed E-state index contributed by atoms with van der Waals surface area (Å²) in [5.41, 5.74) is 0.543. The van der Waals surface area contributed by atoms with Crippen molar-refractivity contribution in [3.8, 4) is 0 Å². The molecule has 0 aliphatic carbocycles. The smallest absolute Gasteiger partial charge is 0.251 e. The third-order valence-corrected chi connectivity index (χ3v) is 3.11. The van der Waals surface area contributed by atoms with Gasteiger partial charge in [0.25, 0.3) is 5.91 Å². The Labute approximate surface area is 120 Å². The minimum Gasteiger partial charge on any atom is -0.370 e. The van der Waals surface area contributed by atoms with Gasteiger partial charge in [-0.15, -0.1) is 0 Å². The number of aromatic nitrogens is 1. The first-order chi connectivity index (χ1) is 9.06. The van der Waals surface area contributed by atoms with Gasteiger partial charge in [0, 0.05) is 18.7 Å². The zero-order valence-electron chi connectivity index (χ0n) is 11.8. The van der Waals surface area contributed by atoms with Gasteiger partial charge in [0.2, 0.25) is 0 Å². The molecule has 0 aromatic carbocycles. The summed E-state index contributed by atoms with van der Waals surface area (Å²) in [6, 6.07) is 3.32. The van der Waals surface area contributed by atoms with Gasteiger partial charge >= 0.3 is 0 Å². The van der Waals surface area contributed by atoms with Crippen LogP contribution in [0, 0.1) is 5.92 Å². The van der Waals surface area contributed by atoms with E-state index in [1.54, 1.807) is 12.1 Å². The van der Waals surface area contributed by atoms with E-state index in [0.29, 0.717) is 29.0 Å². The van der Waals surface area contributed by atoms with E-state index in [-0.39, 0.29) is 5.91 Å². The van der Waals surface area contributed by atoms with E-state index in [1.165, 1.54) is 0 Å². The van der Waals surface area contributed by atoms with E-state index in [0.717, 1.165) is 19.4 Å². The molecule has 2 N–H and O–H groups in total. The lowest BCUT2D eigenvalue weighted by atomic mass is 10.1. The number of carbonyl (C=O) groups is 1. The highest BCUT2D eigenvalue weighted by Crippen LogP contribution is 2.14. The standard InChI is InChI=1S/C14H22ClN3O/c1-4-6-16-13-8-11(7-12(15)18-13)14(19)17-9-10(3)5-2/h7-8,10H,4-6,9H2,1-3H3,(H,16,18)(H,17,19). The predicted molar refractivity (Wildman–Crippen MR) is 79.8 cm³/mol. The third kappa shape index (κ3) is 5.47. The molecule has 19 heavy (non-hydrogen) atoms. The molecular weight excluding hydrogens is 262 g/mol. The van der Waals surface area contributed by atoms with Gasteiger partial charge in [0.1, 0.15) is 11.0 Å². The Kier molecular flexibility index (Phi) is 6.64. The van der Waals surface area contributed by atoms with Crippen LogP contribution < -0.4 is 10.6 Å². The highest BCUT2D eigenvalue weighted by atomic mass is 35.5. The summed E-state index contributed by atoms with van der Waals surface area (Å²) in [5.74, 6) is 1.01. The topological polar surface area (TPSA) is 54.0 Å². The van der Waals surface area contributed by atoms with Crippen LogP contribution in [0.3, 0.4) is 0 Å². The maximum atomic E-state index is 12.0. The van der Waals surface area contributed by atoms with Crippen molar-refractivity contribution >= 4 is 23.3 Å². The lowest BCUT2D eigenvalue weighted by Gasteiger charge is -2.11. The van der Waals surface area contributed by atoms with Gasteiger partial charge in [0.15, 0.2) is 0 Å². The van der Waals surface area contributed by atoms with Gasteiger partial charge in [0.05, 0.1) is 0 Å². The summed E-state index contributed by atoms with van der Waals surface area (Å²) in [6.07, 6.45) is 2.03. The molecule has 4 nitrogen and oxygen atoms in total. The molecule has 1 aromatic rings. The molecule has 0 aliphatic heterocycles. The number of hydrogen-bond acceptors (Lipinski definition) is 3. The number of nitrogens with one attached hydrogen (secondary N) is 2. The Morgan fingerprint density at radius 1 is 1.42 bits per heavy atom. The molecule has 1 aromatic heterocycles. The monoisotopic (exact) mass is 283 g/mol. The summed E-state index contributed by atoms with van der Waals surface area (Å²) in [4.78, 5) is 16.2. The minimum atomic E-state index is -0.107. The normalized spacial score (nSPS) is 12.0. The predicted octanol–water partition coefficient (Wildman–Crippen LogP) is 3.33. The van der Waals surface area contributed by atoms with Gasteiger partial charge in [-0.2, -0.15) is 0 Å². The second-order valence-electron chi connectivity index (χ2n) is 4.71. The quantitative estimate of drug-likeness (QED) is 0.755. The lowest BCUT2D eigenvalue weighted by molar-refractivity contribution is 0.0948. The van der Waals surface area contributed by atoms with Crippen LogP contribution in [0.15, 0.2) is 12.1 Å². The largest absolute Gasteiger partial charge is 0.370 e. The van der Waals surface area contributed by atoms with E-state index in [2.05, 4.69) is 36.4 Å². The second kappa shape index (κ2) is 8.00. The van der Waals surface area contributed by atoms with Gasteiger partial charge in [-0.05, 0) is 24.5 Å². The van der Waals surface area contributed by atoms with Crippen molar-refractivity contribution in [2.75, 3.05) is 18.4 Å². The number of pyridine rings is 1. The summed E-state index contributed by atoms with van der Waals surface area (Å²) in [7, 11) is 0. The molecule has 106 valence electrons. The first kappa shape index (κ1) is 15.8. The lowest BCUT2D eigenvalue weighted by Crippen LogP contribution is -2.28. The van der Waals surface area contributed by atoms with Crippen molar-refractivity contribution < 1.29 is 4.79 Å². The number of anilines is 1. The maximum absolute atomic E-state index is 12.0. The maximum Gasteiger partial charge on any atom is 0.251 e. The zero-order valence-corrected chi connectivity index (χ0v) is 12.5. The molecule has 1 amide bonds. The Bertz CT molecular complexity index is 423. The zero-order chi connectivity index (χ0) is 14.3. The number of carbonyl (C=O) groups excluding carboxylic acids is 1. The highest BCUT2D eigenvalue weighted by molar-refractivity contribution is 6.29. The van der Waals surface area contributed by atoms with Crippen LogP contribution in [0.1, 0.15) is 44.0 Å². The fourth-order valence-corrected chi connectivity index (χ4v) is 1.69. The first-order valence-electron chi connectivity index (χ1n) is 6.76. The van der Waals surface area contributed by atoms with Gasteiger partial charge < -0.3 is 10.6 Å². The molecular formula is C14H22ClN3O. The molecule has 0 radical (unpaired) electrons. The molecule has 5 heteroatoms. The molecule has 0 saturated heterocycles. The van der Waals surface area contributed by atoms with Crippen LogP contribution in [-0.2, 0) is 0 Å². The van der Waals surface area contributed by atoms with Crippen LogP contribution in [-0.4, -0.2) is 24.0 Å². The summed E-state index contributed by atoms with van der Waals surface area (Å²) in [5, 5.41) is 6.37. The average molecular weight is 284 g/mol.